The molecule has 1 unspecified atom stereocenters. The minimum atomic E-state index is -0.221. The van der Waals surface area contributed by atoms with Gasteiger partial charge in [-0.15, -0.1) is 0 Å². The van der Waals surface area contributed by atoms with Gasteiger partial charge in [-0.05, 0) is 51.0 Å². The first kappa shape index (κ1) is 20.8. The zero-order chi connectivity index (χ0) is 20.1. The number of carbonyl (C=O) groups is 1. The Balaban J connectivity index is 2.14. The summed E-state index contributed by atoms with van der Waals surface area (Å²) in [6.07, 6.45) is 0. The van der Waals surface area contributed by atoms with E-state index in [0.717, 1.165) is 33.0 Å². The monoisotopic (exact) mass is 371 g/mol. The molecule has 0 aliphatic carbocycles. The standard InChI is InChI=1S/C22H30N2O3/c1-14-11-15(2)20(16(3)12-14)23-22(25)17(4)24(5)13-18-9-8-10-19(26-6)21(18)27-7/h8-12,17H,13H2,1-7H3,(H,23,25)/p+1/t17-/m0/s1. The van der Waals surface area contributed by atoms with Gasteiger partial charge in [0.25, 0.3) is 5.91 Å². The molecular formula is C22H31N2O3+. The van der Waals surface area contributed by atoms with Gasteiger partial charge >= 0.3 is 0 Å². The summed E-state index contributed by atoms with van der Waals surface area (Å²) in [7, 11) is 5.27. The molecule has 5 heteroatoms. The molecule has 2 aromatic rings. The fourth-order valence-electron chi connectivity index (χ4n) is 3.38. The van der Waals surface area contributed by atoms with Crippen LogP contribution in [0.3, 0.4) is 0 Å². The van der Waals surface area contributed by atoms with E-state index >= 15 is 0 Å². The summed E-state index contributed by atoms with van der Waals surface area (Å²) in [5.41, 5.74) is 5.28. The molecule has 2 atom stereocenters. The Labute approximate surface area is 162 Å². The number of quaternary nitrogens is 1. The molecule has 0 bridgehead atoms. The van der Waals surface area contributed by atoms with Gasteiger partial charge in [-0.3, -0.25) is 4.79 Å². The summed E-state index contributed by atoms with van der Waals surface area (Å²) in [5, 5.41) is 3.11. The number of para-hydroxylation sites is 1. The van der Waals surface area contributed by atoms with E-state index < -0.39 is 0 Å². The third-order valence-electron chi connectivity index (χ3n) is 5.01. The molecule has 2 N–H and O–H groups in total. The average Bonchev–Trinajstić information content (AvgIpc) is 2.63. The highest BCUT2D eigenvalue weighted by Gasteiger charge is 2.24. The Morgan fingerprint density at radius 3 is 2.30 bits per heavy atom. The molecular weight excluding hydrogens is 340 g/mol. The summed E-state index contributed by atoms with van der Waals surface area (Å²) in [6.45, 7) is 8.71. The van der Waals surface area contributed by atoms with Crippen molar-refractivity contribution in [3.63, 3.8) is 0 Å². The second-order valence-electron chi connectivity index (χ2n) is 7.16. The molecule has 2 aromatic carbocycles. The maximum atomic E-state index is 12.8. The zero-order valence-corrected chi connectivity index (χ0v) is 17.4. The van der Waals surface area contributed by atoms with Crippen molar-refractivity contribution in [2.45, 2.75) is 40.3 Å². The molecule has 27 heavy (non-hydrogen) atoms. The highest BCUT2D eigenvalue weighted by molar-refractivity contribution is 5.95. The van der Waals surface area contributed by atoms with Gasteiger partial charge in [0.1, 0.15) is 6.54 Å². The van der Waals surface area contributed by atoms with Gasteiger partial charge in [0.15, 0.2) is 17.5 Å². The van der Waals surface area contributed by atoms with Crippen LogP contribution in [0.1, 0.15) is 29.2 Å². The first-order valence-electron chi connectivity index (χ1n) is 9.19. The fraction of sp³-hybridized carbons (Fsp3) is 0.409. The molecule has 0 saturated carbocycles. The van der Waals surface area contributed by atoms with E-state index in [2.05, 4.69) is 24.4 Å². The van der Waals surface area contributed by atoms with Crippen molar-refractivity contribution >= 4 is 11.6 Å². The topological polar surface area (TPSA) is 52.0 Å². The Morgan fingerprint density at radius 2 is 1.74 bits per heavy atom. The van der Waals surface area contributed by atoms with E-state index in [0.29, 0.717) is 12.3 Å². The summed E-state index contributed by atoms with van der Waals surface area (Å²) in [6, 6.07) is 9.77. The number of anilines is 1. The normalized spacial score (nSPS) is 13.0. The number of methoxy groups -OCH3 is 2. The lowest BCUT2D eigenvalue weighted by Crippen LogP contribution is -3.12. The van der Waals surface area contributed by atoms with Crippen LogP contribution in [-0.4, -0.2) is 33.2 Å². The van der Waals surface area contributed by atoms with E-state index in [1.54, 1.807) is 14.2 Å². The van der Waals surface area contributed by atoms with Crippen molar-refractivity contribution in [3.8, 4) is 11.5 Å². The number of aryl methyl sites for hydroxylation is 3. The van der Waals surface area contributed by atoms with Crippen LogP contribution in [0.15, 0.2) is 30.3 Å². The van der Waals surface area contributed by atoms with E-state index in [9.17, 15) is 4.79 Å². The summed E-state index contributed by atoms with van der Waals surface area (Å²) < 4.78 is 10.9. The van der Waals surface area contributed by atoms with Crippen LogP contribution in [0.4, 0.5) is 5.69 Å². The van der Waals surface area contributed by atoms with E-state index in [-0.39, 0.29) is 11.9 Å². The Bertz CT molecular complexity index is 794. The molecule has 0 fully saturated rings. The van der Waals surface area contributed by atoms with Crippen molar-refractivity contribution in [3.05, 3.63) is 52.6 Å². The van der Waals surface area contributed by atoms with Gasteiger partial charge in [0.2, 0.25) is 0 Å². The van der Waals surface area contributed by atoms with Crippen molar-refractivity contribution < 1.29 is 19.2 Å². The molecule has 1 amide bonds. The number of amides is 1. The number of ether oxygens (including phenoxy) is 2. The Morgan fingerprint density at radius 1 is 1.11 bits per heavy atom. The number of likely N-dealkylation sites (N-methyl/N-ethyl adjacent to an activating group) is 1. The van der Waals surface area contributed by atoms with Crippen molar-refractivity contribution in [2.24, 2.45) is 0 Å². The lowest BCUT2D eigenvalue weighted by molar-refractivity contribution is -0.907. The lowest BCUT2D eigenvalue weighted by atomic mass is 10.0. The van der Waals surface area contributed by atoms with Crippen molar-refractivity contribution in [1.82, 2.24) is 0 Å². The van der Waals surface area contributed by atoms with Gasteiger partial charge in [0, 0.05) is 5.69 Å². The van der Waals surface area contributed by atoms with E-state index in [4.69, 9.17) is 9.47 Å². The molecule has 0 heterocycles. The average molecular weight is 372 g/mol. The van der Waals surface area contributed by atoms with Gasteiger partial charge in [-0.2, -0.15) is 0 Å². The first-order chi connectivity index (χ1) is 12.8. The number of benzene rings is 2. The summed E-state index contributed by atoms with van der Waals surface area (Å²) in [4.78, 5) is 13.9. The number of hydrogen-bond donors (Lipinski definition) is 2. The number of nitrogens with one attached hydrogen (secondary N) is 2. The number of carbonyl (C=O) groups excluding carboxylic acids is 1. The molecule has 5 nitrogen and oxygen atoms in total. The van der Waals surface area contributed by atoms with Gasteiger partial charge in [-0.1, -0.05) is 23.8 Å². The third-order valence-corrected chi connectivity index (χ3v) is 5.01. The van der Waals surface area contributed by atoms with Crippen LogP contribution in [0.25, 0.3) is 0 Å². The van der Waals surface area contributed by atoms with Crippen LogP contribution in [-0.2, 0) is 11.3 Å². The van der Waals surface area contributed by atoms with E-state index in [1.165, 1.54) is 5.56 Å². The predicted octanol–water partition coefficient (Wildman–Crippen LogP) is 2.67. The first-order valence-corrected chi connectivity index (χ1v) is 9.19. The van der Waals surface area contributed by atoms with Crippen molar-refractivity contribution in [1.29, 1.82) is 0 Å². The molecule has 146 valence electrons. The largest absolute Gasteiger partial charge is 0.493 e. The third kappa shape index (κ3) is 4.80. The van der Waals surface area contributed by atoms with Crippen LogP contribution in [0, 0.1) is 20.8 Å². The molecule has 0 saturated heterocycles. The molecule has 0 aliphatic heterocycles. The van der Waals surface area contributed by atoms with Gasteiger partial charge in [-0.25, -0.2) is 0 Å². The van der Waals surface area contributed by atoms with Crippen molar-refractivity contribution in [2.75, 3.05) is 26.6 Å². The highest BCUT2D eigenvalue weighted by Crippen LogP contribution is 2.30. The maximum absolute atomic E-state index is 12.8. The Kier molecular flexibility index (Phi) is 6.86. The fourth-order valence-corrected chi connectivity index (χ4v) is 3.38. The van der Waals surface area contributed by atoms with Crippen LogP contribution >= 0.6 is 0 Å². The minimum Gasteiger partial charge on any atom is -0.493 e. The lowest BCUT2D eigenvalue weighted by Gasteiger charge is -2.23. The molecule has 0 spiro atoms. The molecule has 2 rings (SSSR count). The van der Waals surface area contributed by atoms with Crippen LogP contribution in [0.5, 0.6) is 11.5 Å². The molecule has 0 radical (unpaired) electrons. The SMILES string of the molecule is COc1cccc(C[NH+](C)[C@@H](C)C(=O)Nc2c(C)cc(C)cc2C)c1OC. The minimum absolute atomic E-state index is 0.00409. The highest BCUT2D eigenvalue weighted by atomic mass is 16.5. The van der Waals surface area contributed by atoms with Gasteiger partial charge in [0.05, 0.1) is 26.8 Å². The second kappa shape index (κ2) is 8.91. The number of hydrogen-bond acceptors (Lipinski definition) is 3. The zero-order valence-electron chi connectivity index (χ0n) is 17.4. The number of rotatable bonds is 7. The maximum Gasteiger partial charge on any atom is 0.282 e. The van der Waals surface area contributed by atoms with Crippen LogP contribution in [0.2, 0.25) is 0 Å². The van der Waals surface area contributed by atoms with Crippen LogP contribution < -0.4 is 19.7 Å². The molecule has 0 aromatic heterocycles. The predicted molar refractivity (Wildman–Crippen MR) is 109 cm³/mol. The smallest absolute Gasteiger partial charge is 0.282 e. The van der Waals surface area contributed by atoms with E-state index in [1.807, 2.05) is 46.0 Å². The van der Waals surface area contributed by atoms with Gasteiger partial charge < -0.3 is 19.7 Å². The summed E-state index contributed by atoms with van der Waals surface area (Å²) >= 11 is 0. The Hall–Kier alpha value is -2.53. The molecule has 0 aliphatic rings. The second-order valence-corrected chi connectivity index (χ2v) is 7.16. The quantitative estimate of drug-likeness (QED) is 0.787. The summed E-state index contributed by atoms with van der Waals surface area (Å²) in [5.74, 6) is 1.42.